The molecule has 1 heterocycles. The normalized spacial score (nSPS) is 18.1. The third kappa shape index (κ3) is 3.47. The number of amides is 2. The summed E-state index contributed by atoms with van der Waals surface area (Å²) in [6.07, 6.45) is 2.54. The number of carbonyl (C=O) groups excluding carboxylic acids is 2. The van der Waals surface area contributed by atoms with Gasteiger partial charge in [0.2, 0.25) is 11.8 Å². The van der Waals surface area contributed by atoms with Gasteiger partial charge in [-0.25, -0.2) is 0 Å². The molecular weight excluding hydrogens is 378 g/mol. The van der Waals surface area contributed by atoms with Gasteiger partial charge in [-0.05, 0) is 49.6 Å². The van der Waals surface area contributed by atoms with Crippen molar-refractivity contribution in [3.8, 4) is 5.75 Å². The molecule has 0 bridgehead atoms. The minimum absolute atomic E-state index is 0.0746. The van der Waals surface area contributed by atoms with Crippen LogP contribution in [0.5, 0.6) is 5.75 Å². The fraction of sp³-hybridized carbons (Fsp3) is 0.286. The largest absolute Gasteiger partial charge is 0.495 e. The van der Waals surface area contributed by atoms with Gasteiger partial charge in [-0.15, -0.1) is 0 Å². The van der Waals surface area contributed by atoms with E-state index in [-0.39, 0.29) is 24.3 Å². The summed E-state index contributed by atoms with van der Waals surface area (Å²) in [4.78, 5) is 32.2. The van der Waals surface area contributed by atoms with Crippen molar-refractivity contribution in [2.45, 2.75) is 19.3 Å². The average Bonchev–Trinajstić information content (AvgIpc) is 3.11. The molecule has 1 N–H and O–H groups in total. The van der Waals surface area contributed by atoms with Gasteiger partial charge in [-0.2, -0.15) is 0 Å². The zero-order valence-electron chi connectivity index (χ0n) is 15.4. The molecule has 2 aliphatic rings. The number of halogens is 1. The van der Waals surface area contributed by atoms with Crippen molar-refractivity contribution in [2.24, 2.45) is 10.9 Å². The standard InChI is InChI=1S/C21H20ClN3O3/c1-28-19-10-9-13(22)11-17(19)24-20(26)12-25-18-8-3-2-6-16(18)23-15-7-4-5-14(15)21(25)27/h2-3,6,8-11,14H,4-5,7,12H2,1H3,(H,24,26)/t14-/m0/s1. The number of rotatable bonds is 4. The van der Waals surface area contributed by atoms with Crippen molar-refractivity contribution in [1.29, 1.82) is 0 Å². The first kappa shape index (κ1) is 18.5. The predicted octanol–water partition coefficient (Wildman–Crippen LogP) is 4.21. The number of fused-ring (bicyclic) bond motifs is 2. The Morgan fingerprint density at radius 2 is 2.14 bits per heavy atom. The zero-order valence-corrected chi connectivity index (χ0v) is 16.2. The van der Waals surface area contributed by atoms with E-state index in [0.29, 0.717) is 22.1 Å². The Morgan fingerprint density at radius 3 is 2.96 bits per heavy atom. The molecule has 1 atom stereocenters. The molecule has 0 unspecified atom stereocenters. The number of nitrogens with one attached hydrogen (secondary N) is 1. The molecule has 4 rings (SSSR count). The summed E-state index contributed by atoms with van der Waals surface area (Å²) < 4.78 is 5.27. The topological polar surface area (TPSA) is 71.0 Å². The number of nitrogens with zero attached hydrogens (tertiary/aromatic N) is 2. The Hall–Kier alpha value is -2.86. The van der Waals surface area contributed by atoms with E-state index in [4.69, 9.17) is 21.3 Å². The van der Waals surface area contributed by atoms with Crippen LogP contribution in [0.3, 0.4) is 0 Å². The van der Waals surface area contributed by atoms with E-state index in [0.717, 1.165) is 30.7 Å². The van der Waals surface area contributed by atoms with Crippen LogP contribution in [0, 0.1) is 5.92 Å². The Kier molecular flexibility index (Phi) is 5.05. The molecule has 1 fully saturated rings. The van der Waals surface area contributed by atoms with Gasteiger partial charge in [-0.1, -0.05) is 23.7 Å². The maximum atomic E-state index is 13.2. The van der Waals surface area contributed by atoms with Gasteiger partial charge in [0.15, 0.2) is 0 Å². The van der Waals surface area contributed by atoms with Gasteiger partial charge in [0, 0.05) is 10.7 Å². The maximum absolute atomic E-state index is 13.2. The third-order valence-electron chi connectivity index (χ3n) is 5.07. The zero-order chi connectivity index (χ0) is 19.7. The maximum Gasteiger partial charge on any atom is 0.244 e. The van der Waals surface area contributed by atoms with Crippen LogP contribution in [0.1, 0.15) is 19.3 Å². The summed E-state index contributed by atoms with van der Waals surface area (Å²) in [6.45, 7) is -0.106. The van der Waals surface area contributed by atoms with E-state index in [1.54, 1.807) is 18.2 Å². The lowest BCUT2D eigenvalue weighted by Gasteiger charge is -2.24. The number of carbonyl (C=O) groups is 2. The van der Waals surface area contributed by atoms with Crippen molar-refractivity contribution in [3.05, 3.63) is 47.5 Å². The minimum atomic E-state index is -0.329. The van der Waals surface area contributed by atoms with Gasteiger partial charge in [0.1, 0.15) is 12.3 Å². The quantitative estimate of drug-likeness (QED) is 0.840. The number of ether oxygens (including phenoxy) is 1. The van der Waals surface area contributed by atoms with Crippen LogP contribution < -0.4 is 15.0 Å². The molecule has 28 heavy (non-hydrogen) atoms. The van der Waals surface area contributed by atoms with Crippen LogP contribution in [0.15, 0.2) is 47.5 Å². The van der Waals surface area contributed by atoms with Crippen LogP contribution >= 0.6 is 11.6 Å². The first-order chi connectivity index (χ1) is 13.6. The highest BCUT2D eigenvalue weighted by Crippen LogP contribution is 2.38. The summed E-state index contributed by atoms with van der Waals surface area (Å²) in [5.41, 5.74) is 2.76. The minimum Gasteiger partial charge on any atom is -0.495 e. The first-order valence-corrected chi connectivity index (χ1v) is 9.56. The van der Waals surface area contributed by atoms with Crippen LogP contribution in [0.2, 0.25) is 5.02 Å². The molecule has 2 amide bonds. The van der Waals surface area contributed by atoms with Crippen LogP contribution in [-0.4, -0.2) is 31.2 Å². The molecule has 1 aliphatic heterocycles. The molecule has 0 spiro atoms. The lowest BCUT2D eigenvalue weighted by molar-refractivity contribution is -0.123. The van der Waals surface area contributed by atoms with Crippen molar-refractivity contribution in [1.82, 2.24) is 0 Å². The molecular formula is C21H20ClN3O3. The molecule has 2 aromatic carbocycles. The molecule has 6 nitrogen and oxygen atoms in total. The fourth-order valence-electron chi connectivity index (χ4n) is 3.75. The van der Waals surface area contributed by atoms with E-state index in [2.05, 4.69) is 5.32 Å². The highest BCUT2D eigenvalue weighted by atomic mass is 35.5. The number of anilines is 2. The summed E-state index contributed by atoms with van der Waals surface area (Å²) in [5.74, 6) is -0.151. The lowest BCUT2D eigenvalue weighted by atomic mass is 10.1. The fourth-order valence-corrected chi connectivity index (χ4v) is 3.92. The Balaban J connectivity index is 1.61. The first-order valence-electron chi connectivity index (χ1n) is 9.18. The third-order valence-corrected chi connectivity index (χ3v) is 5.30. The summed E-state index contributed by atoms with van der Waals surface area (Å²) in [7, 11) is 1.52. The van der Waals surface area contributed by atoms with Crippen molar-refractivity contribution >= 4 is 46.2 Å². The molecule has 0 aromatic heterocycles. The van der Waals surface area contributed by atoms with E-state index in [1.807, 2.05) is 24.3 Å². The molecule has 7 heteroatoms. The second kappa shape index (κ2) is 7.64. The summed E-state index contributed by atoms with van der Waals surface area (Å²) >= 11 is 6.04. The molecule has 2 aromatic rings. The number of para-hydroxylation sites is 2. The highest BCUT2D eigenvalue weighted by molar-refractivity contribution is 6.31. The Bertz CT molecular complexity index is 973. The second-order valence-electron chi connectivity index (χ2n) is 6.85. The molecule has 144 valence electrons. The van der Waals surface area contributed by atoms with Gasteiger partial charge in [0.05, 0.1) is 30.1 Å². The second-order valence-corrected chi connectivity index (χ2v) is 7.29. The van der Waals surface area contributed by atoms with Gasteiger partial charge >= 0.3 is 0 Å². The van der Waals surface area contributed by atoms with Crippen molar-refractivity contribution in [2.75, 3.05) is 23.9 Å². The van der Waals surface area contributed by atoms with Crippen LogP contribution in [0.4, 0.5) is 17.1 Å². The molecule has 1 aliphatic carbocycles. The predicted molar refractivity (Wildman–Crippen MR) is 110 cm³/mol. The van der Waals surface area contributed by atoms with Crippen molar-refractivity contribution < 1.29 is 14.3 Å². The van der Waals surface area contributed by atoms with Gasteiger partial charge in [-0.3, -0.25) is 14.6 Å². The summed E-state index contributed by atoms with van der Waals surface area (Å²) in [6, 6.07) is 12.4. The molecule has 0 saturated heterocycles. The monoisotopic (exact) mass is 397 g/mol. The number of hydrogen-bond acceptors (Lipinski definition) is 4. The van der Waals surface area contributed by atoms with Gasteiger partial charge < -0.3 is 15.0 Å². The van der Waals surface area contributed by atoms with E-state index >= 15 is 0 Å². The number of hydrogen-bond donors (Lipinski definition) is 1. The van der Waals surface area contributed by atoms with Crippen LogP contribution in [-0.2, 0) is 9.59 Å². The molecule has 0 radical (unpaired) electrons. The Labute approximate surface area is 168 Å². The smallest absolute Gasteiger partial charge is 0.244 e. The lowest BCUT2D eigenvalue weighted by Crippen LogP contribution is -2.41. The number of benzene rings is 2. The van der Waals surface area contributed by atoms with E-state index < -0.39 is 0 Å². The molecule has 1 saturated carbocycles. The highest BCUT2D eigenvalue weighted by Gasteiger charge is 2.37. The number of methoxy groups -OCH3 is 1. The van der Waals surface area contributed by atoms with E-state index in [9.17, 15) is 9.59 Å². The SMILES string of the molecule is COc1ccc(Cl)cc1NC(=O)CN1C(=O)[C@H]2CCCC2=Nc2ccccc21. The average molecular weight is 398 g/mol. The van der Waals surface area contributed by atoms with Gasteiger partial charge in [0.25, 0.3) is 0 Å². The Morgan fingerprint density at radius 1 is 1.32 bits per heavy atom. The summed E-state index contributed by atoms with van der Waals surface area (Å²) in [5, 5.41) is 3.28. The number of aliphatic imine (C=N–C) groups is 1. The van der Waals surface area contributed by atoms with Crippen molar-refractivity contribution in [3.63, 3.8) is 0 Å². The van der Waals surface area contributed by atoms with E-state index in [1.165, 1.54) is 12.0 Å². The van der Waals surface area contributed by atoms with Crippen LogP contribution in [0.25, 0.3) is 0 Å².